The Labute approximate surface area is 112 Å². The number of aromatic carboxylic acids is 1. The quantitative estimate of drug-likeness (QED) is 0.732. The Morgan fingerprint density at radius 3 is 2.26 bits per heavy atom. The average Bonchev–Trinajstić information content (AvgIpc) is 2.36. The summed E-state index contributed by atoms with van der Waals surface area (Å²) in [7, 11) is 0. The van der Waals surface area contributed by atoms with Crippen molar-refractivity contribution in [3.63, 3.8) is 0 Å². The van der Waals surface area contributed by atoms with Crippen molar-refractivity contribution < 1.29 is 14.7 Å². The lowest BCUT2D eigenvalue weighted by Crippen LogP contribution is -2.30. The maximum absolute atomic E-state index is 12.0. The summed E-state index contributed by atoms with van der Waals surface area (Å²) in [6, 6.07) is 6.06. The van der Waals surface area contributed by atoms with E-state index in [1.165, 1.54) is 12.1 Å². The van der Waals surface area contributed by atoms with Crippen LogP contribution in [0.2, 0.25) is 0 Å². The third kappa shape index (κ3) is 4.71. The molecule has 5 heteroatoms. The highest BCUT2D eigenvalue weighted by Gasteiger charge is 2.18. The lowest BCUT2D eigenvalue weighted by molar-refractivity contribution is -0.120. The molecule has 0 heterocycles. The smallest absolute Gasteiger partial charge is 0.335 e. The molecule has 0 saturated heterocycles. The largest absolute Gasteiger partial charge is 0.478 e. The SMILES string of the molecule is CC(C)CC(CN)C(=O)Nc1ccc(C(=O)O)cc1. The van der Waals surface area contributed by atoms with E-state index < -0.39 is 5.97 Å². The summed E-state index contributed by atoms with van der Waals surface area (Å²) < 4.78 is 0. The van der Waals surface area contributed by atoms with Crippen molar-refractivity contribution in [2.75, 3.05) is 11.9 Å². The van der Waals surface area contributed by atoms with Gasteiger partial charge in [0.2, 0.25) is 5.91 Å². The van der Waals surface area contributed by atoms with Crippen LogP contribution in [0.15, 0.2) is 24.3 Å². The van der Waals surface area contributed by atoms with Crippen LogP contribution in [0.4, 0.5) is 5.69 Å². The minimum absolute atomic E-state index is 0.126. The molecule has 0 fully saturated rings. The van der Waals surface area contributed by atoms with Gasteiger partial charge in [0.25, 0.3) is 0 Å². The molecule has 0 aliphatic rings. The van der Waals surface area contributed by atoms with Gasteiger partial charge in [0.05, 0.1) is 11.5 Å². The first-order valence-corrected chi connectivity index (χ1v) is 6.28. The average molecular weight is 264 g/mol. The minimum atomic E-state index is -0.988. The predicted octanol–water partition coefficient (Wildman–Crippen LogP) is 1.94. The molecule has 1 unspecified atom stereocenters. The van der Waals surface area contributed by atoms with E-state index >= 15 is 0 Å². The molecule has 104 valence electrons. The Hall–Kier alpha value is -1.88. The van der Waals surface area contributed by atoms with Crippen LogP contribution in [0.3, 0.4) is 0 Å². The Kier molecular flexibility index (Phi) is 5.51. The van der Waals surface area contributed by atoms with E-state index in [2.05, 4.69) is 5.32 Å². The van der Waals surface area contributed by atoms with Gasteiger partial charge in [-0.25, -0.2) is 4.79 Å². The van der Waals surface area contributed by atoms with E-state index in [0.29, 0.717) is 18.2 Å². The van der Waals surface area contributed by atoms with Gasteiger partial charge in [-0.2, -0.15) is 0 Å². The van der Waals surface area contributed by atoms with E-state index in [9.17, 15) is 9.59 Å². The van der Waals surface area contributed by atoms with Gasteiger partial charge in [0.1, 0.15) is 0 Å². The van der Waals surface area contributed by atoms with Crippen molar-refractivity contribution in [1.29, 1.82) is 0 Å². The van der Waals surface area contributed by atoms with Gasteiger partial charge in [-0.3, -0.25) is 4.79 Å². The molecule has 0 bridgehead atoms. The molecule has 5 nitrogen and oxygen atoms in total. The molecule has 0 saturated carbocycles. The maximum Gasteiger partial charge on any atom is 0.335 e. The number of carbonyl (C=O) groups excluding carboxylic acids is 1. The van der Waals surface area contributed by atoms with Crippen LogP contribution >= 0.6 is 0 Å². The summed E-state index contributed by atoms with van der Waals surface area (Å²) in [5.74, 6) is -0.940. The first kappa shape index (κ1) is 15.2. The lowest BCUT2D eigenvalue weighted by Gasteiger charge is -2.16. The summed E-state index contributed by atoms with van der Waals surface area (Å²) in [5.41, 5.74) is 6.37. The number of hydrogen-bond donors (Lipinski definition) is 3. The van der Waals surface area contributed by atoms with Gasteiger partial charge in [-0.15, -0.1) is 0 Å². The lowest BCUT2D eigenvalue weighted by atomic mass is 9.96. The number of hydrogen-bond acceptors (Lipinski definition) is 3. The van der Waals surface area contributed by atoms with Crippen LogP contribution in [0, 0.1) is 11.8 Å². The molecule has 1 rings (SSSR count). The van der Waals surface area contributed by atoms with Gasteiger partial charge in [0, 0.05) is 12.2 Å². The second-order valence-corrected chi connectivity index (χ2v) is 4.93. The first-order chi connectivity index (χ1) is 8.93. The normalized spacial score (nSPS) is 12.2. The van der Waals surface area contributed by atoms with Crippen molar-refractivity contribution in [1.82, 2.24) is 0 Å². The molecule has 0 aliphatic carbocycles. The molecule has 0 spiro atoms. The Bertz CT molecular complexity index is 441. The van der Waals surface area contributed by atoms with Gasteiger partial charge in [0.15, 0.2) is 0 Å². The van der Waals surface area contributed by atoms with Crippen molar-refractivity contribution in [2.45, 2.75) is 20.3 Å². The summed E-state index contributed by atoms with van der Waals surface area (Å²) in [4.78, 5) is 22.7. The Morgan fingerprint density at radius 1 is 1.26 bits per heavy atom. The molecule has 0 radical (unpaired) electrons. The molecular weight excluding hydrogens is 244 g/mol. The summed E-state index contributed by atoms with van der Waals surface area (Å²) in [6.07, 6.45) is 0.732. The fraction of sp³-hybridized carbons (Fsp3) is 0.429. The number of carboxylic acids is 1. The van der Waals surface area contributed by atoms with Crippen LogP contribution in [0.1, 0.15) is 30.6 Å². The summed E-state index contributed by atoms with van der Waals surface area (Å²) in [5, 5.41) is 11.5. The highest BCUT2D eigenvalue weighted by molar-refractivity contribution is 5.93. The molecule has 19 heavy (non-hydrogen) atoms. The summed E-state index contributed by atoms with van der Waals surface area (Å²) >= 11 is 0. The number of nitrogens with two attached hydrogens (primary N) is 1. The number of nitrogens with one attached hydrogen (secondary N) is 1. The molecule has 1 aromatic rings. The van der Waals surface area contributed by atoms with E-state index in [1.807, 2.05) is 13.8 Å². The Balaban J connectivity index is 2.67. The number of carbonyl (C=O) groups is 2. The molecular formula is C14H20N2O3. The third-order valence-electron chi connectivity index (χ3n) is 2.81. The number of rotatable bonds is 6. The first-order valence-electron chi connectivity index (χ1n) is 6.28. The molecule has 4 N–H and O–H groups in total. The van der Waals surface area contributed by atoms with E-state index in [-0.39, 0.29) is 17.4 Å². The minimum Gasteiger partial charge on any atom is -0.478 e. The summed E-state index contributed by atoms with van der Waals surface area (Å²) in [6.45, 7) is 4.38. The molecule has 1 amide bonds. The molecule has 1 aromatic carbocycles. The zero-order valence-electron chi connectivity index (χ0n) is 11.2. The van der Waals surface area contributed by atoms with Gasteiger partial charge < -0.3 is 16.2 Å². The van der Waals surface area contributed by atoms with Crippen molar-refractivity contribution in [3.05, 3.63) is 29.8 Å². The standard InChI is InChI=1S/C14H20N2O3/c1-9(2)7-11(8-15)13(17)16-12-5-3-10(4-6-12)14(18)19/h3-6,9,11H,7-8,15H2,1-2H3,(H,16,17)(H,18,19). The number of anilines is 1. The Morgan fingerprint density at radius 2 is 1.84 bits per heavy atom. The number of amides is 1. The second-order valence-electron chi connectivity index (χ2n) is 4.93. The fourth-order valence-corrected chi connectivity index (χ4v) is 1.82. The van der Waals surface area contributed by atoms with Crippen molar-refractivity contribution in [3.8, 4) is 0 Å². The highest BCUT2D eigenvalue weighted by atomic mass is 16.4. The van der Waals surface area contributed by atoms with Crippen LogP contribution in [0.25, 0.3) is 0 Å². The van der Waals surface area contributed by atoms with Gasteiger partial charge in [-0.1, -0.05) is 13.8 Å². The van der Waals surface area contributed by atoms with E-state index in [1.54, 1.807) is 12.1 Å². The van der Waals surface area contributed by atoms with Crippen molar-refractivity contribution in [2.24, 2.45) is 17.6 Å². The fourth-order valence-electron chi connectivity index (χ4n) is 1.82. The van der Waals surface area contributed by atoms with E-state index in [0.717, 1.165) is 6.42 Å². The number of carboxylic acid groups (broad SMARTS) is 1. The molecule has 0 aromatic heterocycles. The van der Waals surface area contributed by atoms with Crippen LogP contribution in [0.5, 0.6) is 0 Å². The molecule has 1 atom stereocenters. The monoisotopic (exact) mass is 264 g/mol. The van der Waals surface area contributed by atoms with Crippen LogP contribution < -0.4 is 11.1 Å². The zero-order chi connectivity index (χ0) is 14.4. The van der Waals surface area contributed by atoms with Gasteiger partial charge >= 0.3 is 5.97 Å². The van der Waals surface area contributed by atoms with E-state index in [4.69, 9.17) is 10.8 Å². The van der Waals surface area contributed by atoms with Crippen molar-refractivity contribution >= 4 is 17.6 Å². The predicted molar refractivity (Wildman–Crippen MR) is 74.0 cm³/mol. The topological polar surface area (TPSA) is 92.4 Å². The van der Waals surface area contributed by atoms with Gasteiger partial charge in [-0.05, 0) is 36.6 Å². The second kappa shape index (κ2) is 6.89. The highest BCUT2D eigenvalue weighted by Crippen LogP contribution is 2.15. The molecule has 0 aliphatic heterocycles. The van der Waals surface area contributed by atoms with Crippen LogP contribution in [-0.2, 0) is 4.79 Å². The van der Waals surface area contributed by atoms with Crippen LogP contribution in [-0.4, -0.2) is 23.5 Å². The third-order valence-corrected chi connectivity index (χ3v) is 2.81. The number of benzene rings is 1. The zero-order valence-corrected chi connectivity index (χ0v) is 11.2. The maximum atomic E-state index is 12.0.